The molecule has 0 aromatic heterocycles. The van der Waals surface area contributed by atoms with Crippen LogP contribution in [0.1, 0.15) is 58.3 Å². The molecule has 1 unspecified atom stereocenters. The van der Waals surface area contributed by atoms with Crippen LogP contribution in [0, 0.1) is 16.7 Å². The van der Waals surface area contributed by atoms with Crippen molar-refractivity contribution in [2.75, 3.05) is 6.61 Å². The van der Waals surface area contributed by atoms with Gasteiger partial charge in [-0.3, -0.25) is 4.79 Å². The maximum atomic E-state index is 12.3. The van der Waals surface area contributed by atoms with Crippen molar-refractivity contribution >= 4 is 5.91 Å². The number of aliphatic hydroxyl groups excluding tert-OH is 1. The summed E-state index contributed by atoms with van der Waals surface area (Å²) in [5.74, 6) is -0.114. The summed E-state index contributed by atoms with van der Waals surface area (Å²) in [6.07, 6.45) is 6.97. The third-order valence-electron chi connectivity index (χ3n) is 3.78. The first-order valence-corrected chi connectivity index (χ1v) is 6.98. The monoisotopic (exact) mass is 252 g/mol. The summed E-state index contributed by atoms with van der Waals surface area (Å²) in [7, 11) is 0. The van der Waals surface area contributed by atoms with Crippen molar-refractivity contribution in [2.45, 2.75) is 64.3 Å². The molecule has 0 spiro atoms. The number of amides is 1. The van der Waals surface area contributed by atoms with Crippen LogP contribution in [0.4, 0.5) is 0 Å². The van der Waals surface area contributed by atoms with Gasteiger partial charge >= 0.3 is 0 Å². The maximum Gasteiger partial charge on any atom is 0.240 e. The predicted octanol–water partition coefficient (Wildman–Crippen LogP) is 2.13. The van der Waals surface area contributed by atoms with E-state index in [4.69, 9.17) is 5.11 Å². The van der Waals surface area contributed by atoms with Crippen LogP contribution in [0.5, 0.6) is 0 Å². The van der Waals surface area contributed by atoms with E-state index < -0.39 is 5.41 Å². The number of hydrogen-bond donors (Lipinski definition) is 2. The molecule has 1 saturated carbocycles. The third kappa shape index (κ3) is 3.99. The molecule has 0 radical (unpaired) electrons. The number of aliphatic hydroxyl groups is 1. The number of hydrogen-bond acceptors (Lipinski definition) is 3. The highest BCUT2D eigenvalue weighted by molar-refractivity contribution is 5.85. The summed E-state index contributed by atoms with van der Waals surface area (Å²) in [5.41, 5.74) is -0.816. The molecule has 1 atom stereocenters. The van der Waals surface area contributed by atoms with Crippen LogP contribution in [0.2, 0.25) is 0 Å². The van der Waals surface area contributed by atoms with E-state index in [1.165, 1.54) is 0 Å². The molecular weight excluding hydrogens is 228 g/mol. The Morgan fingerprint density at radius 1 is 1.39 bits per heavy atom. The van der Waals surface area contributed by atoms with Crippen LogP contribution >= 0.6 is 0 Å². The van der Waals surface area contributed by atoms with E-state index in [-0.39, 0.29) is 18.6 Å². The number of nitriles is 1. The third-order valence-corrected chi connectivity index (χ3v) is 3.78. The fourth-order valence-corrected chi connectivity index (χ4v) is 2.55. The molecule has 1 fully saturated rings. The Hall–Kier alpha value is -1.08. The molecule has 1 aliphatic carbocycles. The average Bonchev–Trinajstić information content (AvgIpc) is 2.62. The first kappa shape index (κ1) is 15.0. The van der Waals surface area contributed by atoms with Crippen molar-refractivity contribution in [3.63, 3.8) is 0 Å². The number of nitrogens with one attached hydrogen (secondary N) is 1. The number of nitrogens with zero attached hydrogens (tertiary/aromatic N) is 1. The van der Waals surface area contributed by atoms with Crippen molar-refractivity contribution in [2.24, 2.45) is 5.41 Å². The van der Waals surface area contributed by atoms with Gasteiger partial charge in [0.15, 0.2) is 0 Å². The first-order chi connectivity index (χ1) is 8.64. The lowest BCUT2D eigenvalue weighted by atomic mass is 9.80. The van der Waals surface area contributed by atoms with Gasteiger partial charge in [-0.2, -0.15) is 5.26 Å². The van der Waals surface area contributed by atoms with Crippen LogP contribution in [0.15, 0.2) is 0 Å². The molecule has 18 heavy (non-hydrogen) atoms. The normalized spacial score (nSPS) is 20.5. The van der Waals surface area contributed by atoms with Crippen molar-refractivity contribution in [3.05, 3.63) is 0 Å². The van der Waals surface area contributed by atoms with E-state index in [1.807, 2.05) is 6.92 Å². The Bertz CT molecular complexity index is 301. The highest BCUT2D eigenvalue weighted by Gasteiger charge is 2.39. The van der Waals surface area contributed by atoms with E-state index in [1.54, 1.807) is 0 Å². The number of carbonyl (C=O) groups is 1. The molecular formula is C14H24N2O2. The number of carbonyl (C=O) groups excluding carboxylic acids is 1. The fraction of sp³-hybridized carbons (Fsp3) is 0.857. The van der Waals surface area contributed by atoms with Crippen molar-refractivity contribution in [3.8, 4) is 6.07 Å². The van der Waals surface area contributed by atoms with E-state index in [0.717, 1.165) is 32.1 Å². The lowest BCUT2D eigenvalue weighted by Gasteiger charge is -2.26. The van der Waals surface area contributed by atoms with Gasteiger partial charge in [-0.25, -0.2) is 0 Å². The zero-order valence-electron chi connectivity index (χ0n) is 11.2. The van der Waals surface area contributed by atoms with Crippen LogP contribution in [0.25, 0.3) is 0 Å². The summed E-state index contributed by atoms with van der Waals surface area (Å²) in [6.45, 7) is 2.07. The van der Waals surface area contributed by atoms with Gasteiger partial charge in [0.2, 0.25) is 5.91 Å². The van der Waals surface area contributed by atoms with Crippen LogP contribution in [0.3, 0.4) is 0 Å². The highest BCUT2D eigenvalue weighted by atomic mass is 16.3. The summed E-state index contributed by atoms with van der Waals surface area (Å²) < 4.78 is 0. The SMILES string of the molecule is CC(CCCO)NC(=O)C1(C#N)CCCCCC1. The molecule has 102 valence electrons. The van der Waals surface area contributed by atoms with Gasteiger partial charge in [0.1, 0.15) is 5.41 Å². The second-order valence-corrected chi connectivity index (χ2v) is 5.35. The summed E-state index contributed by atoms with van der Waals surface area (Å²) in [5, 5.41) is 21.1. The Balaban J connectivity index is 2.58. The highest BCUT2D eigenvalue weighted by Crippen LogP contribution is 2.34. The fourth-order valence-electron chi connectivity index (χ4n) is 2.55. The van der Waals surface area contributed by atoms with Gasteiger partial charge in [0.05, 0.1) is 6.07 Å². The van der Waals surface area contributed by atoms with Crippen molar-refractivity contribution in [1.82, 2.24) is 5.32 Å². The molecule has 1 rings (SSSR count). The second-order valence-electron chi connectivity index (χ2n) is 5.35. The van der Waals surface area contributed by atoms with Crippen LogP contribution in [-0.4, -0.2) is 23.7 Å². The maximum absolute atomic E-state index is 12.3. The Morgan fingerprint density at radius 3 is 2.50 bits per heavy atom. The quantitative estimate of drug-likeness (QED) is 0.736. The van der Waals surface area contributed by atoms with Gasteiger partial charge in [0, 0.05) is 12.6 Å². The Kier molecular flexibility index (Phi) is 6.14. The zero-order chi connectivity index (χ0) is 13.4. The standard InChI is InChI=1S/C14H24N2O2/c1-12(7-6-10-17)16-13(18)14(11-15)8-4-2-3-5-9-14/h12,17H,2-10H2,1H3,(H,16,18). The minimum absolute atomic E-state index is 0.0260. The van der Waals surface area contributed by atoms with E-state index in [2.05, 4.69) is 11.4 Å². The van der Waals surface area contributed by atoms with Gasteiger partial charge in [-0.05, 0) is 32.6 Å². The van der Waals surface area contributed by atoms with Gasteiger partial charge < -0.3 is 10.4 Å². The molecule has 0 aromatic rings. The Labute approximate surface area is 109 Å². The van der Waals surface area contributed by atoms with Crippen LogP contribution < -0.4 is 5.32 Å². The van der Waals surface area contributed by atoms with Crippen molar-refractivity contribution in [1.29, 1.82) is 5.26 Å². The zero-order valence-corrected chi connectivity index (χ0v) is 11.2. The molecule has 0 aliphatic heterocycles. The summed E-state index contributed by atoms with van der Waals surface area (Å²) in [4.78, 5) is 12.3. The van der Waals surface area contributed by atoms with E-state index >= 15 is 0 Å². The number of rotatable bonds is 5. The van der Waals surface area contributed by atoms with E-state index in [0.29, 0.717) is 19.3 Å². The molecule has 0 aromatic carbocycles. The molecule has 0 heterocycles. The molecule has 0 saturated heterocycles. The van der Waals surface area contributed by atoms with E-state index in [9.17, 15) is 10.1 Å². The largest absolute Gasteiger partial charge is 0.396 e. The lowest BCUT2D eigenvalue weighted by molar-refractivity contribution is -0.129. The van der Waals surface area contributed by atoms with Crippen LogP contribution in [-0.2, 0) is 4.79 Å². The second kappa shape index (κ2) is 7.38. The smallest absolute Gasteiger partial charge is 0.240 e. The van der Waals surface area contributed by atoms with Gasteiger partial charge in [-0.15, -0.1) is 0 Å². The lowest BCUT2D eigenvalue weighted by Crippen LogP contribution is -2.44. The molecule has 2 N–H and O–H groups in total. The Morgan fingerprint density at radius 2 is 2.00 bits per heavy atom. The molecule has 1 aliphatic rings. The molecule has 1 amide bonds. The minimum Gasteiger partial charge on any atom is -0.396 e. The molecule has 4 nitrogen and oxygen atoms in total. The molecule has 0 bridgehead atoms. The topological polar surface area (TPSA) is 73.1 Å². The minimum atomic E-state index is -0.816. The summed E-state index contributed by atoms with van der Waals surface area (Å²) in [6, 6.07) is 2.28. The van der Waals surface area contributed by atoms with Gasteiger partial charge in [-0.1, -0.05) is 25.7 Å². The predicted molar refractivity (Wildman–Crippen MR) is 69.7 cm³/mol. The first-order valence-electron chi connectivity index (χ1n) is 6.98. The van der Waals surface area contributed by atoms with Crippen molar-refractivity contribution < 1.29 is 9.90 Å². The molecule has 4 heteroatoms. The summed E-state index contributed by atoms with van der Waals surface area (Å²) >= 11 is 0. The average molecular weight is 252 g/mol. The van der Waals surface area contributed by atoms with Gasteiger partial charge in [0.25, 0.3) is 0 Å².